The van der Waals surface area contributed by atoms with Crippen molar-refractivity contribution in [3.63, 3.8) is 0 Å². The van der Waals surface area contributed by atoms with Crippen LogP contribution < -0.4 is 11.1 Å². The monoisotopic (exact) mass is 280 g/mol. The van der Waals surface area contributed by atoms with Gasteiger partial charge in [-0.1, -0.05) is 28.1 Å². The highest BCUT2D eigenvalue weighted by Crippen LogP contribution is 2.27. The van der Waals surface area contributed by atoms with E-state index in [4.69, 9.17) is 5.73 Å². The summed E-state index contributed by atoms with van der Waals surface area (Å²) < 4.78 is 1.05. The van der Waals surface area contributed by atoms with Crippen molar-refractivity contribution in [2.24, 2.45) is 5.73 Å². The Morgan fingerprint density at radius 3 is 3.06 bits per heavy atom. The maximum Gasteiger partial charge on any atom is 0.0882 e. The van der Waals surface area contributed by atoms with Crippen molar-refractivity contribution >= 4 is 21.6 Å². The molecular weight excluding hydrogens is 268 g/mol. The number of anilines is 1. The zero-order valence-corrected chi connectivity index (χ0v) is 10.3. The first-order valence-corrected chi connectivity index (χ1v) is 5.84. The zero-order valence-electron chi connectivity index (χ0n) is 8.70. The van der Waals surface area contributed by atoms with Gasteiger partial charge in [-0.3, -0.25) is 5.10 Å². The normalized spacial score (nSPS) is 10.4. The standard InChI is InChI=1S/C11H13BrN4/c12-9-3-1-2-8(6-9)11-10(7-15-16-11)14-5-4-13/h1-3,6-7,14H,4-5,13H2,(H,15,16). The molecule has 0 fully saturated rings. The summed E-state index contributed by atoms with van der Waals surface area (Å²) in [6.45, 7) is 1.34. The number of hydrogen-bond donors (Lipinski definition) is 3. The smallest absolute Gasteiger partial charge is 0.0882 e. The van der Waals surface area contributed by atoms with E-state index in [0.29, 0.717) is 6.54 Å². The van der Waals surface area contributed by atoms with Crippen molar-refractivity contribution < 1.29 is 0 Å². The fraction of sp³-hybridized carbons (Fsp3) is 0.182. The molecule has 0 saturated carbocycles. The van der Waals surface area contributed by atoms with Gasteiger partial charge in [0, 0.05) is 23.1 Å². The Hall–Kier alpha value is -1.33. The van der Waals surface area contributed by atoms with E-state index >= 15 is 0 Å². The second kappa shape index (κ2) is 5.14. The number of H-pyrrole nitrogens is 1. The molecule has 0 aliphatic heterocycles. The predicted molar refractivity (Wildman–Crippen MR) is 69.3 cm³/mol. The molecule has 0 bridgehead atoms. The molecule has 4 N–H and O–H groups in total. The number of halogens is 1. The Kier molecular flexibility index (Phi) is 3.58. The summed E-state index contributed by atoms with van der Waals surface area (Å²) in [6, 6.07) is 8.06. The molecular formula is C11H13BrN4. The molecule has 4 nitrogen and oxygen atoms in total. The lowest BCUT2D eigenvalue weighted by molar-refractivity contribution is 1.03. The minimum absolute atomic E-state index is 0.600. The molecule has 1 aromatic heterocycles. The van der Waals surface area contributed by atoms with E-state index in [-0.39, 0.29) is 0 Å². The number of aromatic amines is 1. The van der Waals surface area contributed by atoms with E-state index in [1.165, 1.54) is 0 Å². The third kappa shape index (κ3) is 2.43. The van der Waals surface area contributed by atoms with Crippen molar-refractivity contribution in [2.75, 3.05) is 18.4 Å². The summed E-state index contributed by atoms with van der Waals surface area (Å²) in [5.41, 5.74) is 8.50. The second-order valence-electron chi connectivity index (χ2n) is 3.38. The Bertz CT molecular complexity index is 467. The van der Waals surface area contributed by atoms with E-state index in [9.17, 15) is 0 Å². The largest absolute Gasteiger partial charge is 0.381 e. The number of hydrogen-bond acceptors (Lipinski definition) is 3. The van der Waals surface area contributed by atoms with Gasteiger partial charge in [-0.2, -0.15) is 5.10 Å². The molecule has 0 aliphatic rings. The molecule has 0 atom stereocenters. The van der Waals surface area contributed by atoms with Crippen LogP contribution in [0, 0.1) is 0 Å². The number of nitrogens with one attached hydrogen (secondary N) is 2. The fourth-order valence-corrected chi connectivity index (χ4v) is 1.89. The van der Waals surface area contributed by atoms with Gasteiger partial charge in [0.1, 0.15) is 0 Å². The van der Waals surface area contributed by atoms with Gasteiger partial charge in [0.2, 0.25) is 0 Å². The molecule has 16 heavy (non-hydrogen) atoms. The minimum atomic E-state index is 0.600. The molecule has 0 radical (unpaired) electrons. The quantitative estimate of drug-likeness (QED) is 0.805. The summed E-state index contributed by atoms with van der Waals surface area (Å²) in [6.07, 6.45) is 1.77. The van der Waals surface area contributed by atoms with Crippen LogP contribution in [0.2, 0.25) is 0 Å². The van der Waals surface area contributed by atoms with E-state index in [0.717, 1.165) is 28.0 Å². The van der Waals surface area contributed by atoms with Crippen LogP contribution in [0.3, 0.4) is 0 Å². The van der Waals surface area contributed by atoms with Gasteiger partial charge >= 0.3 is 0 Å². The summed E-state index contributed by atoms with van der Waals surface area (Å²) in [4.78, 5) is 0. The molecule has 5 heteroatoms. The lowest BCUT2D eigenvalue weighted by atomic mass is 10.1. The maximum absolute atomic E-state index is 5.46. The maximum atomic E-state index is 5.46. The fourth-order valence-electron chi connectivity index (χ4n) is 1.49. The van der Waals surface area contributed by atoms with Crippen molar-refractivity contribution in [1.29, 1.82) is 0 Å². The molecule has 0 saturated heterocycles. The van der Waals surface area contributed by atoms with Crippen LogP contribution in [0.15, 0.2) is 34.9 Å². The van der Waals surface area contributed by atoms with Gasteiger partial charge < -0.3 is 11.1 Å². The van der Waals surface area contributed by atoms with Crippen LogP contribution in [0.25, 0.3) is 11.3 Å². The minimum Gasteiger partial charge on any atom is -0.381 e. The Morgan fingerprint density at radius 1 is 1.44 bits per heavy atom. The van der Waals surface area contributed by atoms with Crippen molar-refractivity contribution in [3.8, 4) is 11.3 Å². The summed E-state index contributed by atoms with van der Waals surface area (Å²) in [5.74, 6) is 0. The van der Waals surface area contributed by atoms with Gasteiger partial charge in [0.15, 0.2) is 0 Å². The van der Waals surface area contributed by atoms with Gasteiger partial charge in [0.25, 0.3) is 0 Å². The molecule has 2 aromatic rings. The van der Waals surface area contributed by atoms with Crippen LogP contribution in [0.1, 0.15) is 0 Å². The Morgan fingerprint density at radius 2 is 2.31 bits per heavy atom. The topological polar surface area (TPSA) is 66.7 Å². The third-order valence-electron chi connectivity index (χ3n) is 2.21. The molecule has 0 unspecified atom stereocenters. The highest BCUT2D eigenvalue weighted by Gasteiger charge is 2.06. The number of nitrogens with zero attached hydrogens (tertiary/aromatic N) is 1. The molecule has 1 aromatic carbocycles. The van der Waals surface area contributed by atoms with Crippen molar-refractivity contribution in [3.05, 3.63) is 34.9 Å². The summed E-state index contributed by atoms with van der Waals surface area (Å²) in [5, 5.41) is 10.2. The third-order valence-corrected chi connectivity index (χ3v) is 2.71. The highest BCUT2D eigenvalue weighted by molar-refractivity contribution is 9.10. The van der Waals surface area contributed by atoms with E-state index in [2.05, 4.69) is 31.4 Å². The number of benzene rings is 1. The van der Waals surface area contributed by atoms with Gasteiger partial charge in [-0.05, 0) is 12.1 Å². The second-order valence-corrected chi connectivity index (χ2v) is 4.30. The highest BCUT2D eigenvalue weighted by atomic mass is 79.9. The van der Waals surface area contributed by atoms with E-state index in [1.54, 1.807) is 6.20 Å². The summed E-state index contributed by atoms with van der Waals surface area (Å²) in [7, 11) is 0. The Labute approximate surface area is 102 Å². The molecule has 84 valence electrons. The lowest BCUT2D eigenvalue weighted by Gasteiger charge is -2.05. The van der Waals surface area contributed by atoms with Crippen molar-refractivity contribution in [2.45, 2.75) is 0 Å². The van der Waals surface area contributed by atoms with Gasteiger partial charge in [0.05, 0.1) is 17.6 Å². The summed E-state index contributed by atoms with van der Waals surface area (Å²) >= 11 is 3.45. The Balaban J connectivity index is 2.29. The van der Waals surface area contributed by atoms with Crippen LogP contribution in [-0.4, -0.2) is 23.3 Å². The lowest BCUT2D eigenvalue weighted by Crippen LogP contribution is -2.13. The zero-order chi connectivity index (χ0) is 11.4. The van der Waals surface area contributed by atoms with Crippen LogP contribution in [0.5, 0.6) is 0 Å². The van der Waals surface area contributed by atoms with Gasteiger partial charge in [-0.15, -0.1) is 0 Å². The first kappa shape index (κ1) is 11.2. The van der Waals surface area contributed by atoms with Crippen LogP contribution in [0.4, 0.5) is 5.69 Å². The molecule has 0 spiro atoms. The van der Waals surface area contributed by atoms with E-state index in [1.807, 2.05) is 24.3 Å². The van der Waals surface area contributed by atoms with Crippen molar-refractivity contribution in [1.82, 2.24) is 10.2 Å². The number of aromatic nitrogens is 2. The number of nitrogens with two attached hydrogens (primary N) is 1. The average molecular weight is 281 g/mol. The number of rotatable bonds is 4. The van der Waals surface area contributed by atoms with Gasteiger partial charge in [-0.25, -0.2) is 0 Å². The van der Waals surface area contributed by atoms with E-state index < -0.39 is 0 Å². The molecule has 0 aliphatic carbocycles. The SMILES string of the molecule is NCCNc1cn[nH]c1-c1cccc(Br)c1. The average Bonchev–Trinajstić information content (AvgIpc) is 2.74. The molecule has 2 rings (SSSR count). The first-order valence-electron chi connectivity index (χ1n) is 5.04. The molecule has 0 amide bonds. The van der Waals surface area contributed by atoms with Crippen LogP contribution in [-0.2, 0) is 0 Å². The first-order chi connectivity index (χ1) is 7.81. The van der Waals surface area contributed by atoms with Crippen LogP contribution >= 0.6 is 15.9 Å². The molecule has 1 heterocycles. The predicted octanol–water partition coefficient (Wildman–Crippen LogP) is 2.21.